The molecular formula is C21H26N4O2. The van der Waals surface area contributed by atoms with Crippen LogP contribution in [0, 0.1) is 12.8 Å². The van der Waals surface area contributed by atoms with Gasteiger partial charge in [0.1, 0.15) is 5.82 Å². The van der Waals surface area contributed by atoms with Crippen LogP contribution in [0.25, 0.3) is 0 Å². The zero-order chi connectivity index (χ0) is 19.1. The van der Waals surface area contributed by atoms with E-state index in [2.05, 4.69) is 15.6 Å². The van der Waals surface area contributed by atoms with Gasteiger partial charge in [0.25, 0.3) is 0 Å². The lowest BCUT2D eigenvalue weighted by Gasteiger charge is -2.32. The first kappa shape index (κ1) is 18.9. The fourth-order valence-corrected chi connectivity index (χ4v) is 3.28. The Labute approximate surface area is 160 Å². The summed E-state index contributed by atoms with van der Waals surface area (Å²) >= 11 is 0. The second-order valence-electron chi connectivity index (χ2n) is 6.91. The van der Waals surface area contributed by atoms with Gasteiger partial charge in [-0.1, -0.05) is 36.4 Å². The van der Waals surface area contributed by atoms with Crippen molar-refractivity contribution in [2.45, 2.75) is 26.2 Å². The lowest BCUT2D eigenvalue weighted by atomic mass is 9.97. The number of amides is 3. The first-order valence-corrected chi connectivity index (χ1v) is 9.42. The molecule has 0 spiro atoms. The van der Waals surface area contributed by atoms with Gasteiger partial charge in [-0.3, -0.25) is 4.79 Å². The van der Waals surface area contributed by atoms with Crippen LogP contribution in [0.1, 0.15) is 24.0 Å². The summed E-state index contributed by atoms with van der Waals surface area (Å²) in [5, 5.41) is 5.86. The van der Waals surface area contributed by atoms with Crippen molar-refractivity contribution in [1.82, 2.24) is 15.2 Å². The van der Waals surface area contributed by atoms with Gasteiger partial charge in [0, 0.05) is 25.8 Å². The predicted molar refractivity (Wildman–Crippen MR) is 105 cm³/mol. The molecule has 3 rings (SSSR count). The van der Waals surface area contributed by atoms with E-state index in [4.69, 9.17) is 0 Å². The lowest BCUT2D eigenvalue weighted by molar-refractivity contribution is -0.121. The zero-order valence-corrected chi connectivity index (χ0v) is 15.6. The number of anilines is 1. The molecular weight excluding hydrogens is 340 g/mol. The first-order chi connectivity index (χ1) is 13.1. The number of carbonyl (C=O) groups is 2. The molecule has 1 unspecified atom stereocenters. The third kappa shape index (κ3) is 5.29. The molecule has 6 heteroatoms. The normalized spacial score (nSPS) is 16.6. The molecule has 1 atom stereocenters. The number of piperidine rings is 1. The number of nitrogens with zero attached hydrogens (tertiary/aromatic N) is 2. The Morgan fingerprint density at radius 3 is 2.78 bits per heavy atom. The third-order valence-corrected chi connectivity index (χ3v) is 4.86. The summed E-state index contributed by atoms with van der Waals surface area (Å²) in [5.74, 6) is 0.311. The SMILES string of the molecule is Cc1cccnc1NC(=O)C1CCCN(C(=O)NCCc2ccccc2)C1. The number of pyridine rings is 1. The molecule has 0 saturated carbocycles. The van der Waals surface area contributed by atoms with Gasteiger partial charge in [-0.25, -0.2) is 9.78 Å². The van der Waals surface area contributed by atoms with Crippen LogP contribution < -0.4 is 10.6 Å². The Bertz CT molecular complexity index is 779. The summed E-state index contributed by atoms with van der Waals surface area (Å²) in [6.45, 7) is 3.62. The number of hydrogen-bond acceptors (Lipinski definition) is 3. The quantitative estimate of drug-likeness (QED) is 0.854. The Hall–Kier alpha value is -2.89. The smallest absolute Gasteiger partial charge is 0.317 e. The number of aryl methyl sites for hydroxylation is 1. The van der Waals surface area contributed by atoms with Crippen molar-refractivity contribution in [2.24, 2.45) is 5.92 Å². The molecule has 2 heterocycles. The topological polar surface area (TPSA) is 74.3 Å². The van der Waals surface area contributed by atoms with Crippen LogP contribution in [0.3, 0.4) is 0 Å². The van der Waals surface area contributed by atoms with Crippen LogP contribution in [0.2, 0.25) is 0 Å². The van der Waals surface area contributed by atoms with Crippen molar-refractivity contribution in [1.29, 1.82) is 0 Å². The second kappa shape index (κ2) is 9.16. The predicted octanol–water partition coefficient (Wildman–Crippen LogP) is 2.99. The number of nitrogens with one attached hydrogen (secondary N) is 2. The van der Waals surface area contributed by atoms with Gasteiger partial charge in [0.15, 0.2) is 0 Å². The summed E-state index contributed by atoms with van der Waals surface area (Å²) in [4.78, 5) is 31.0. The molecule has 1 saturated heterocycles. The molecule has 0 bridgehead atoms. The largest absolute Gasteiger partial charge is 0.338 e. The van der Waals surface area contributed by atoms with Gasteiger partial charge in [0.2, 0.25) is 5.91 Å². The monoisotopic (exact) mass is 366 g/mol. The maximum Gasteiger partial charge on any atom is 0.317 e. The highest BCUT2D eigenvalue weighted by atomic mass is 16.2. The van der Waals surface area contributed by atoms with E-state index in [1.165, 1.54) is 5.56 Å². The first-order valence-electron chi connectivity index (χ1n) is 9.42. The van der Waals surface area contributed by atoms with Gasteiger partial charge in [-0.2, -0.15) is 0 Å². The highest BCUT2D eigenvalue weighted by Gasteiger charge is 2.28. The fourth-order valence-electron chi connectivity index (χ4n) is 3.28. The van der Waals surface area contributed by atoms with E-state index in [0.717, 1.165) is 24.8 Å². The average molecular weight is 366 g/mol. The highest BCUT2D eigenvalue weighted by molar-refractivity contribution is 5.92. The Morgan fingerprint density at radius 2 is 2.00 bits per heavy atom. The van der Waals surface area contributed by atoms with E-state index in [-0.39, 0.29) is 17.9 Å². The van der Waals surface area contributed by atoms with Gasteiger partial charge in [-0.15, -0.1) is 0 Å². The van der Waals surface area contributed by atoms with Crippen LogP contribution in [0.5, 0.6) is 0 Å². The minimum absolute atomic E-state index is 0.0708. The fraction of sp³-hybridized carbons (Fsp3) is 0.381. The standard InChI is InChI=1S/C21H26N4O2/c1-16-7-5-12-22-19(16)24-20(26)18-10-6-14-25(15-18)21(27)23-13-11-17-8-3-2-4-9-17/h2-5,7-9,12,18H,6,10-11,13-15H2,1H3,(H,23,27)(H,22,24,26). The van der Waals surface area contributed by atoms with Crippen molar-refractivity contribution < 1.29 is 9.59 Å². The molecule has 1 aromatic carbocycles. The van der Waals surface area contributed by atoms with Crippen molar-refractivity contribution >= 4 is 17.8 Å². The molecule has 3 amide bonds. The number of likely N-dealkylation sites (tertiary alicyclic amines) is 1. The van der Waals surface area contributed by atoms with Gasteiger partial charge in [-0.05, 0) is 43.4 Å². The number of aromatic nitrogens is 1. The number of urea groups is 1. The van der Waals surface area contributed by atoms with Gasteiger partial charge >= 0.3 is 6.03 Å². The number of rotatable bonds is 5. The van der Waals surface area contributed by atoms with E-state index >= 15 is 0 Å². The van der Waals surface area contributed by atoms with E-state index < -0.39 is 0 Å². The Morgan fingerprint density at radius 1 is 1.19 bits per heavy atom. The maximum atomic E-state index is 12.6. The van der Waals surface area contributed by atoms with Gasteiger partial charge in [0.05, 0.1) is 5.92 Å². The zero-order valence-electron chi connectivity index (χ0n) is 15.6. The van der Waals surface area contributed by atoms with Crippen molar-refractivity contribution in [2.75, 3.05) is 25.0 Å². The molecule has 0 radical (unpaired) electrons. The lowest BCUT2D eigenvalue weighted by Crippen LogP contribution is -2.48. The second-order valence-corrected chi connectivity index (χ2v) is 6.91. The number of benzene rings is 1. The van der Waals surface area contributed by atoms with E-state index in [9.17, 15) is 9.59 Å². The summed E-state index contributed by atoms with van der Waals surface area (Å²) in [6.07, 6.45) is 4.07. The van der Waals surface area contributed by atoms with Crippen LogP contribution in [-0.4, -0.2) is 41.5 Å². The summed E-state index contributed by atoms with van der Waals surface area (Å²) in [5.41, 5.74) is 2.12. The third-order valence-electron chi connectivity index (χ3n) is 4.86. The maximum absolute atomic E-state index is 12.6. The van der Waals surface area contributed by atoms with E-state index in [1.807, 2.05) is 49.4 Å². The molecule has 1 aliphatic rings. The molecule has 1 aliphatic heterocycles. The summed E-state index contributed by atoms with van der Waals surface area (Å²) < 4.78 is 0. The molecule has 2 N–H and O–H groups in total. The van der Waals surface area contributed by atoms with Crippen LogP contribution in [0.15, 0.2) is 48.7 Å². The molecule has 0 aliphatic carbocycles. The molecule has 2 aromatic rings. The van der Waals surface area contributed by atoms with E-state index in [0.29, 0.717) is 25.5 Å². The average Bonchev–Trinajstić information content (AvgIpc) is 2.70. The van der Waals surface area contributed by atoms with Crippen molar-refractivity contribution in [3.05, 3.63) is 59.8 Å². The van der Waals surface area contributed by atoms with Crippen LogP contribution in [0.4, 0.5) is 10.6 Å². The van der Waals surface area contributed by atoms with E-state index in [1.54, 1.807) is 11.1 Å². The summed E-state index contributed by atoms with van der Waals surface area (Å²) in [6, 6.07) is 13.7. The minimum Gasteiger partial charge on any atom is -0.338 e. The molecule has 6 nitrogen and oxygen atoms in total. The Kier molecular flexibility index (Phi) is 6.41. The highest BCUT2D eigenvalue weighted by Crippen LogP contribution is 2.19. The minimum atomic E-state index is -0.208. The van der Waals surface area contributed by atoms with Gasteiger partial charge < -0.3 is 15.5 Å². The van der Waals surface area contributed by atoms with Crippen molar-refractivity contribution in [3.8, 4) is 0 Å². The number of hydrogen-bond donors (Lipinski definition) is 2. The number of carbonyl (C=O) groups excluding carboxylic acids is 2. The molecule has 1 aromatic heterocycles. The molecule has 1 fully saturated rings. The Balaban J connectivity index is 1.48. The van der Waals surface area contributed by atoms with Crippen LogP contribution in [-0.2, 0) is 11.2 Å². The molecule has 142 valence electrons. The van der Waals surface area contributed by atoms with Crippen LogP contribution >= 0.6 is 0 Å². The summed E-state index contributed by atoms with van der Waals surface area (Å²) in [7, 11) is 0. The molecule has 27 heavy (non-hydrogen) atoms. The van der Waals surface area contributed by atoms with Crippen molar-refractivity contribution in [3.63, 3.8) is 0 Å².